The second kappa shape index (κ2) is 4.77. The largest absolute Gasteiger partial charge is 0.314 e. The van der Waals surface area contributed by atoms with Crippen LogP contribution in [0.5, 0.6) is 0 Å². The molecule has 0 aliphatic carbocycles. The zero-order valence-corrected chi connectivity index (χ0v) is 9.66. The van der Waals surface area contributed by atoms with E-state index in [1.807, 2.05) is 0 Å². The summed E-state index contributed by atoms with van der Waals surface area (Å²) in [7, 11) is 0. The lowest BCUT2D eigenvalue weighted by molar-refractivity contribution is 0.185. The van der Waals surface area contributed by atoms with E-state index >= 15 is 0 Å². The second-order valence-electron chi connectivity index (χ2n) is 4.37. The number of rotatable bonds is 2. The van der Waals surface area contributed by atoms with Gasteiger partial charge in [0.25, 0.3) is 0 Å². The van der Waals surface area contributed by atoms with Gasteiger partial charge in [0.15, 0.2) is 0 Å². The molecule has 2 heteroatoms. The van der Waals surface area contributed by atoms with Crippen molar-refractivity contribution in [2.24, 2.45) is 0 Å². The van der Waals surface area contributed by atoms with Crippen molar-refractivity contribution in [3.63, 3.8) is 0 Å². The molecule has 1 aromatic carbocycles. The van der Waals surface area contributed by atoms with Crippen LogP contribution in [0.3, 0.4) is 0 Å². The molecule has 1 aliphatic rings. The molecule has 0 saturated carbocycles. The molecule has 0 bridgehead atoms. The minimum absolute atomic E-state index is 0.549. The van der Waals surface area contributed by atoms with Crippen molar-refractivity contribution in [2.75, 3.05) is 26.2 Å². The molecule has 1 atom stereocenters. The maximum atomic E-state index is 3.39. The Bertz CT molecular complexity index is 299. The highest BCUT2D eigenvalue weighted by atomic mass is 15.2. The first kappa shape index (κ1) is 10.7. The Morgan fingerprint density at radius 1 is 1.13 bits per heavy atom. The van der Waals surface area contributed by atoms with Gasteiger partial charge in [0.2, 0.25) is 0 Å². The van der Waals surface area contributed by atoms with Gasteiger partial charge in [-0.3, -0.25) is 4.90 Å². The summed E-state index contributed by atoms with van der Waals surface area (Å²) in [4.78, 5) is 2.54. The van der Waals surface area contributed by atoms with Gasteiger partial charge in [-0.25, -0.2) is 0 Å². The summed E-state index contributed by atoms with van der Waals surface area (Å²) < 4.78 is 0. The fourth-order valence-corrected chi connectivity index (χ4v) is 2.13. The van der Waals surface area contributed by atoms with Gasteiger partial charge in [0.05, 0.1) is 0 Å². The van der Waals surface area contributed by atoms with E-state index in [0.29, 0.717) is 6.04 Å². The highest BCUT2D eigenvalue weighted by molar-refractivity contribution is 5.23. The lowest BCUT2D eigenvalue weighted by Gasteiger charge is -2.33. The van der Waals surface area contributed by atoms with Gasteiger partial charge in [-0.05, 0) is 19.4 Å². The highest BCUT2D eigenvalue weighted by Gasteiger charge is 2.17. The predicted octanol–water partition coefficient (Wildman–Crippen LogP) is 1.96. The fraction of sp³-hybridized carbons (Fsp3) is 0.538. The Morgan fingerprint density at radius 3 is 2.33 bits per heavy atom. The Kier molecular flexibility index (Phi) is 3.39. The summed E-state index contributed by atoms with van der Waals surface area (Å²) in [6, 6.07) is 9.46. The van der Waals surface area contributed by atoms with Crippen LogP contribution in [0.4, 0.5) is 0 Å². The summed E-state index contributed by atoms with van der Waals surface area (Å²) in [5.74, 6) is 0. The molecule has 15 heavy (non-hydrogen) atoms. The minimum Gasteiger partial charge on any atom is -0.314 e. The quantitative estimate of drug-likeness (QED) is 0.792. The third-order valence-corrected chi connectivity index (χ3v) is 3.26. The van der Waals surface area contributed by atoms with Crippen LogP contribution in [-0.4, -0.2) is 31.1 Å². The lowest BCUT2D eigenvalue weighted by atomic mass is 10.0. The van der Waals surface area contributed by atoms with Crippen molar-refractivity contribution >= 4 is 0 Å². The Balaban J connectivity index is 2.05. The fourth-order valence-electron chi connectivity index (χ4n) is 2.13. The van der Waals surface area contributed by atoms with Crippen LogP contribution in [0.1, 0.15) is 24.1 Å². The Hall–Kier alpha value is -0.860. The second-order valence-corrected chi connectivity index (χ2v) is 4.37. The van der Waals surface area contributed by atoms with Gasteiger partial charge in [-0.2, -0.15) is 0 Å². The number of benzene rings is 1. The Morgan fingerprint density at radius 2 is 1.73 bits per heavy atom. The summed E-state index contributed by atoms with van der Waals surface area (Å²) in [6.45, 7) is 9.01. The average Bonchev–Trinajstić information content (AvgIpc) is 2.30. The number of nitrogens with one attached hydrogen (secondary N) is 1. The minimum atomic E-state index is 0.549. The van der Waals surface area contributed by atoms with Gasteiger partial charge in [-0.1, -0.05) is 29.8 Å². The first-order valence-electron chi connectivity index (χ1n) is 5.79. The van der Waals surface area contributed by atoms with E-state index in [1.54, 1.807) is 0 Å². The van der Waals surface area contributed by atoms with E-state index < -0.39 is 0 Å². The van der Waals surface area contributed by atoms with Crippen LogP contribution in [-0.2, 0) is 0 Å². The summed E-state index contributed by atoms with van der Waals surface area (Å²) in [5.41, 5.74) is 2.77. The molecule has 1 heterocycles. The topological polar surface area (TPSA) is 15.3 Å². The molecule has 2 nitrogen and oxygen atoms in total. The van der Waals surface area contributed by atoms with Crippen molar-refractivity contribution in [3.8, 4) is 0 Å². The molecule has 82 valence electrons. The average molecular weight is 204 g/mol. The summed E-state index contributed by atoms with van der Waals surface area (Å²) >= 11 is 0. The monoisotopic (exact) mass is 204 g/mol. The van der Waals surface area contributed by atoms with Crippen LogP contribution in [0.2, 0.25) is 0 Å². The van der Waals surface area contributed by atoms with Crippen molar-refractivity contribution in [1.29, 1.82) is 0 Å². The van der Waals surface area contributed by atoms with Gasteiger partial charge in [0, 0.05) is 32.2 Å². The number of nitrogens with zero attached hydrogens (tertiary/aromatic N) is 1. The SMILES string of the molecule is Cc1ccc([C@H](C)N2CCNCC2)cc1. The highest BCUT2D eigenvalue weighted by Crippen LogP contribution is 2.20. The molecule has 1 aromatic rings. The number of hydrogen-bond acceptors (Lipinski definition) is 2. The van der Waals surface area contributed by atoms with Crippen LogP contribution < -0.4 is 5.32 Å². The van der Waals surface area contributed by atoms with Crippen LogP contribution in [0.25, 0.3) is 0 Å². The van der Waals surface area contributed by atoms with E-state index in [4.69, 9.17) is 0 Å². The number of aryl methyl sites for hydroxylation is 1. The molecule has 1 aliphatic heterocycles. The maximum Gasteiger partial charge on any atom is 0.0320 e. The van der Waals surface area contributed by atoms with E-state index in [2.05, 4.69) is 48.3 Å². The lowest BCUT2D eigenvalue weighted by Crippen LogP contribution is -2.44. The van der Waals surface area contributed by atoms with Crippen LogP contribution >= 0.6 is 0 Å². The van der Waals surface area contributed by atoms with Crippen molar-refractivity contribution in [2.45, 2.75) is 19.9 Å². The predicted molar refractivity (Wildman–Crippen MR) is 64.0 cm³/mol. The normalized spacial score (nSPS) is 20.1. The molecule has 0 spiro atoms. The zero-order chi connectivity index (χ0) is 10.7. The third kappa shape index (κ3) is 2.58. The molecule has 0 amide bonds. The van der Waals surface area contributed by atoms with Gasteiger partial charge >= 0.3 is 0 Å². The standard InChI is InChI=1S/C13H20N2/c1-11-3-5-13(6-4-11)12(2)15-9-7-14-8-10-15/h3-6,12,14H,7-10H2,1-2H3/t12-/m0/s1. The first-order valence-corrected chi connectivity index (χ1v) is 5.79. The number of hydrogen-bond donors (Lipinski definition) is 1. The smallest absolute Gasteiger partial charge is 0.0320 e. The van der Waals surface area contributed by atoms with E-state index in [9.17, 15) is 0 Å². The van der Waals surface area contributed by atoms with Crippen molar-refractivity contribution in [3.05, 3.63) is 35.4 Å². The zero-order valence-electron chi connectivity index (χ0n) is 9.66. The molecule has 0 aromatic heterocycles. The molecule has 1 fully saturated rings. The third-order valence-electron chi connectivity index (χ3n) is 3.26. The molecule has 1 saturated heterocycles. The maximum absolute atomic E-state index is 3.39. The van der Waals surface area contributed by atoms with Crippen LogP contribution in [0, 0.1) is 6.92 Å². The van der Waals surface area contributed by atoms with Gasteiger partial charge in [-0.15, -0.1) is 0 Å². The molecule has 0 unspecified atom stereocenters. The Labute approximate surface area is 92.3 Å². The van der Waals surface area contributed by atoms with Crippen molar-refractivity contribution < 1.29 is 0 Å². The summed E-state index contributed by atoms with van der Waals surface area (Å²) in [6.07, 6.45) is 0. The molecular weight excluding hydrogens is 184 g/mol. The van der Waals surface area contributed by atoms with E-state index in [1.165, 1.54) is 11.1 Å². The molecule has 1 N–H and O–H groups in total. The van der Waals surface area contributed by atoms with Crippen LogP contribution in [0.15, 0.2) is 24.3 Å². The molecule has 2 rings (SSSR count). The first-order chi connectivity index (χ1) is 7.27. The van der Waals surface area contributed by atoms with Crippen molar-refractivity contribution in [1.82, 2.24) is 10.2 Å². The van der Waals surface area contributed by atoms with E-state index in [0.717, 1.165) is 26.2 Å². The van der Waals surface area contributed by atoms with E-state index in [-0.39, 0.29) is 0 Å². The van der Waals surface area contributed by atoms with Gasteiger partial charge in [0.1, 0.15) is 0 Å². The molecular formula is C13H20N2. The number of piperazine rings is 1. The molecule has 0 radical (unpaired) electrons. The van der Waals surface area contributed by atoms with Gasteiger partial charge < -0.3 is 5.32 Å². The summed E-state index contributed by atoms with van der Waals surface area (Å²) in [5, 5.41) is 3.39.